The summed E-state index contributed by atoms with van der Waals surface area (Å²) in [5, 5.41) is 15.3. The number of anilines is 1. The lowest BCUT2D eigenvalue weighted by molar-refractivity contribution is -0.384. The Balaban J connectivity index is 2.60. The molecule has 0 fully saturated rings. The fourth-order valence-electron chi connectivity index (χ4n) is 1.90. The molecule has 0 bridgehead atoms. The molecule has 0 saturated carbocycles. The number of nitro benzene ring substituents is 1. The molecule has 0 spiro atoms. The van der Waals surface area contributed by atoms with Gasteiger partial charge < -0.3 is 5.73 Å². The van der Waals surface area contributed by atoms with E-state index in [1.165, 1.54) is 18.2 Å². The van der Waals surface area contributed by atoms with Crippen LogP contribution in [0, 0.1) is 27.4 Å². The minimum Gasteiger partial charge on any atom is -0.398 e. The summed E-state index contributed by atoms with van der Waals surface area (Å²) < 4.78 is 1.63. The van der Waals surface area contributed by atoms with Gasteiger partial charge in [0.1, 0.15) is 5.69 Å². The number of nitrogen functional groups attached to an aromatic ring is 1. The zero-order chi connectivity index (χ0) is 16.5. The molecule has 2 aromatic rings. The molecular formula is C16H18N4O2. The SMILES string of the molecule is Cn1cc(C#CC(C)(C)C)c(-c2cc([N+](=O)[O-])ccc2N)n1. The van der Waals surface area contributed by atoms with Crippen molar-refractivity contribution in [1.29, 1.82) is 0 Å². The standard InChI is InChI=1S/C16H18N4O2/c1-16(2,3)8-7-11-10-19(4)18-15(11)13-9-12(20(21)22)5-6-14(13)17/h5-6,9-10H,17H2,1-4H3. The molecule has 0 radical (unpaired) electrons. The normalized spacial score (nSPS) is 10.9. The number of nitro groups is 1. The third-order valence-electron chi connectivity index (χ3n) is 2.90. The molecule has 6 heteroatoms. The number of benzene rings is 1. The van der Waals surface area contributed by atoms with Gasteiger partial charge in [0.2, 0.25) is 0 Å². The maximum atomic E-state index is 11.0. The van der Waals surface area contributed by atoms with Crippen LogP contribution in [0.2, 0.25) is 0 Å². The zero-order valence-corrected chi connectivity index (χ0v) is 13.0. The molecule has 0 aliphatic rings. The molecule has 22 heavy (non-hydrogen) atoms. The number of nitrogens with two attached hydrogens (primary N) is 1. The molecule has 0 unspecified atom stereocenters. The first-order valence-electron chi connectivity index (χ1n) is 6.78. The molecule has 0 aliphatic heterocycles. The second-order valence-electron chi connectivity index (χ2n) is 6.09. The molecule has 2 rings (SSSR count). The largest absolute Gasteiger partial charge is 0.398 e. The van der Waals surface area contributed by atoms with Gasteiger partial charge in [0.15, 0.2) is 0 Å². The Kier molecular flexibility index (Phi) is 3.91. The van der Waals surface area contributed by atoms with Gasteiger partial charge in [-0.1, -0.05) is 11.8 Å². The van der Waals surface area contributed by atoms with Gasteiger partial charge in [-0.05, 0) is 26.8 Å². The Bertz CT molecular complexity index is 789. The van der Waals surface area contributed by atoms with Gasteiger partial charge >= 0.3 is 0 Å². The number of aromatic nitrogens is 2. The van der Waals surface area contributed by atoms with Gasteiger partial charge in [-0.15, -0.1) is 0 Å². The van der Waals surface area contributed by atoms with E-state index in [0.717, 1.165) is 0 Å². The van der Waals surface area contributed by atoms with Gasteiger partial charge in [0.05, 0.1) is 10.5 Å². The second-order valence-corrected chi connectivity index (χ2v) is 6.09. The van der Waals surface area contributed by atoms with Crippen LogP contribution < -0.4 is 5.73 Å². The Labute approximate surface area is 129 Å². The van der Waals surface area contributed by atoms with E-state index in [1.54, 1.807) is 17.9 Å². The molecule has 1 heterocycles. The molecule has 0 amide bonds. The summed E-state index contributed by atoms with van der Waals surface area (Å²) in [6.45, 7) is 6.04. The predicted octanol–water partition coefficient (Wildman–Crippen LogP) is 2.98. The van der Waals surface area contributed by atoms with E-state index in [0.29, 0.717) is 22.5 Å². The maximum Gasteiger partial charge on any atom is 0.270 e. The van der Waals surface area contributed by atoms with Crippen molar-refractivity contribution in [2.75, 3.05) is 5.73 Å². The van der Waals surface area contributed by atoms with Gasteiger partial charge in [0, 0.05) is 42.0 Å². The average Bonchev–Trinajstić information content (AvgIpc) is 2.77. The highest BCUT2D eigenvalue weighted by atomic mass is 16.6. The summed E-state index contributed by atoms with van der Waals surface area (Å²) in [6.07, 6.45) is 1.78. The number of non-ortho nitro benzene ring substituents is 1. The third kappa shape index (κ3) is 3.44. The van der Waals surface area contributed by atoms with E-state index < -0.39 is 4.92 Å². The summed E-state index contributed by atoms with van der Waals surface area (Å²) >= 11 is 0. The molecule has 6 nitrogen and oxygen atoms in total. The first-order valence-corrected chi connectivity index (χ1v) is 6.78. The summed E-state index contributed by atoms with van der Waals surface area (Å²) in [4.78, 5) is 10.5. The summed E-state index contributed by atoms with van der Waals surface area (Å²) in [5.41, 5.74) is 8.00. The lowest BCUT2D eigenvalue weighted by atomic mass is 9.97. The quantitative estimate of drug-likeness (QED) is 0.399. The first-order chi connectivity index (χ1) is 10.2. The Morgan fingerprint density at radius 2 is 2.05 bits per heavy atom. The molecule has 2 N–H and O–H groups in total. The lowest BCUT2D eigenvalue weighted by Gasteiger charge is -2.07. The van der Waals surface area contributed by atoms with Crippen LogP contribution in [0.25, 0.3) is 11.3 Å². The second kappa shape index (κ2) is 5.53. The van der Waals surface area contributed by atoms with Crippen LogP contribution in [0.3, 0.4) is 0 Å². The monoisotopic (exact) mass is 298 g/mol. The topological polar surface area (TPSA) is 87.0 Å². The number of hydrogen-bond acceptors (Lipinski definition) is 4. The van der Waals surface area contributed by atoms with Crippen LogP contribution in [0.5, 0.6) is 0 Å². The highest BCUT2D eigenvalue weighted by molar-refractivity contribution is 5.79. The first kappa shape index (κ1) is 15.6. The smallest absolute Gasteiger partial charge is 0.270 e. The van der Waals surface area contributed by atoms with Crippen LogP contribution in [-0.2, 0) is 7.05 Å². The number of hydrogen-bond donors (Lipinski definition) is 1. The van der Waals surface area contributed by atoms with E-state index in [1.807, 2.05) is 20.8 Å². The number of rotatable bonds is 2. The van der Waals surface area contributed by atoms with Crippen LogP contribution in [-0.4, -0.2) is 14.7 Å². The molecule has 0 aliphatic carbocycles. The zero-order valence-electron chi connectivity index (χ0n) is 13.0. The molecule has 0 atom stereocenters. The van der Waals surface area contributed by atoms with E-state index in [-0.39, 0.29) is 11.1 Å². The predicted molar refractivity (Wildman–Crippen MR) is 86.0 cm³/mol. The van der Waals surface area contributed by atoms with Gasteiger partial charge in [-0.25, -0.2) is 0 Å². The number of aryl methyl sites for hydroxylation is 1. The Morgan fingerprint density at radius 3 is 2.64 bits per heavy atom. The lowest BCUT2D eigenvalue weighted by Crippen LogP contribution is -1.99. The summed E-state index contributed by atoms with van der Waals surface area (Å²) in [5.74, 6) is 6.23. The maximum absolute atomic E-state index is 11.0. The average molecular weight is 298 g/mol. The van der Waals surface area contributed by atoms with Crippen LogP contribution in [0.4, 0.5) is 11.4 Å². The third-order valence-corrected chi connectivity index (χ3v) is 2.90. The van der Waals surface area contributed by atoms with Crippen LogP contribution in [0.15, 0.2) is 24.4 Å². The van der Waals surface area contributed by atoms with Crippen molar-refractivity contribution in [3.8, 4) is 23.1 Å². The molecular weight excluding hydrogens is 280 g/mol. The van der Waals surface area contributed by atoms with Crippen molar-refractivity contribution < 1.29 is 4.92 Å². The summed E-state index contributed by atoms with van der Waals surface area (Å²) in [7, 11) is 1.78. The van der Waals surface area contributed by atoms with Crippen LogP contribution in [0.1, 0.15) is 26.3 Å². The minimum atomic E-state index is -0.452. The van der Waals surface area contributed by atoms with E-state index in [9.17, 15) is 10.1 Å². The summed E-state index contributed by atoms with van der Waals surface area (Å²) in [6, 6.07) is 4.32. The fraction of sp³-hybridized carbons (Fsp3) is 0.312. The van der Waals surface area contributed by atoms with Gasteiger partial charge in [-0.2, -0.15) is 5.10 Å². The van der Waals surface area contributed by atoms with Crippen molar-refractivity contribution in [3.63, 3.8) is 0 Å². The molecule has 1 aromatic heterocycles. The Morgan fingerprint density at radius 1 is 1.36 bits per heavy atom. The fourth-order valence-corrected chi connectivity index (χ4v) is 1.90. The van der Waals surface area contributed by atoms with Crippen molar-refractivity contribution in [1.82, 2.24) is 9.78 Å². The highest BCUT2D eigenvalue weighted by Crippen LogP contribution is 2.30. The number of nitrogens with zero attached hydrogens (tertiary/aromatic N) is 3. The minimum absolute atomic E-state index is 0.0235. The van der Waals surface area contributed by atoms with Gasteiger partial charge in [-0.3, -0.25) is 14.8 Å². The van der Waals surface area contributed by atoms with Crippen molar-refractivity contribution in [2.24, 2.45) is 12.5 Å². The Hall–Kier alpha value is -2.81. The van der Waals surface area contributed by atoms with E-state index in [2.05, 4.69) is 16.9 Å². The van der Waals surface area contributed by atoms with Gasteiger partial charge in [0.25, 0.3) is 5.69 Å². The highest BCUT2D eigenvalue weighted by Gasteiger charge is 2.16. The van der Waals surface area contributed by atoms with Crippen molar-refractivity contribution in [3.05, 3.63) is 40.1 Å². The molecule has 1 aromatic carbocycles. The van der Waals surface area contributed by atoms with Crippen LogP contribution >= 0.6 is 0 Å². The molecule has 114 valence electrons. The van der Waals surface area contributed by atoms with Crippen molar-refractivity contribution in [2.45, 2.75) is 20.8 Å². The van der Waals surface area contributed by atoms with E-state index >= 15 is 0 Å². The molecule has 0 saturated heterocycles. The van der Waals surface area contributed by atoms with Crippen molar-refractivity contribution >= 4 is 11.4 Å². The van der Waals surface area contributed by atoms with E-state index in [4.69, 9.17) is 5.73 Å².